The van der Waals surface area contributed by atoms with Crippen LogP contribution in [0, 0.1) is 23.7 Å². The third-order valence-electron chi connectivity index (χ3n) is 20.4. The van der Waals surface area contributed by atoms with Gasteiger partial charge in [0.2, 0.25) is 0 Å². The normalized spacial score (nSPS) is 27.4. The van der Waals surface area contributed by atoms with E-state index in [0.29, 0.717) is 30.1 Å². The second-order valence-electron chi connectivity index (χ2n) is 24.4. The van der Waals surface area contributed by atoms with Crippen LogP contribution in [-0.2, 0) is 17.3 Å². The van der Waals surface area contributed by atoms with Crippen molar-refractivity contribution >= 4 is 25.5 Å². The Bertz CT molecular complexity index is 1250. The first-order valence-electron chi connectivity index (χ1n) is 29.9. The van der Waals surface area contributed by atoms with Crippen molar-refractivity contribution < 1.29 is 27.5 Å². The summed E-state index contributed by atoms with van der Waals surface area (Å²) in [6.45, 7) is 0. The molecule has 7 heteroatoms. The molecule has 2 N–H and O–H groups in total. The molecule has 1 heterocycles. The molecule has 1 atom stereocenters. The Kier molecular flexibility index (Phi) is 24.6. The molecular weight excluding hydrogens is 953 g/mol. The van der Waals surface area contributed by atoms with Crippen LogP contribution < -0.4 is 0 Å². The van der Waals surface area contributed by atoms with E-state index in [-0.39, 0.29) is 21.9 Å². The fourth-order valence-electron chi connectivity index (χ4n) is 16.8. The van der Waals surface area contributed by atoms with Crippen LogP contribution in [0.5, 0.6) is 0 Å². The zero-order chi connectivity index (χ0) is 45.9. The molecule has 8 aliphatic carbocycles. The molecule has 0 bridgehead atoms. The van der Waals surface area contributed by atoms with Crippen LogP contribution in [0.4, 0.5) is 0 Å². The van der Waals surface area contributed by atoms with Gasteiger partial charge < -0.3 is 15.5 Å². The van der Waals surface area contributed by atoms with Crippen molar-refractivity contribution in [3.63, 3.8) is 0 Å². The fraction of sp³-hybridized carbons (Fsp3) is 0.932. The van der Waals surface area contributed by atoms with Gasteiger partial charge in [-0.2, -0.15) is 5.70 Å². The van der Waals surface area contributed by atoms with Gasteiger partial charge in [-0.1, -0.05) is 127 Å². The fourth-order valence-corrected chi connectivity index (χ4v) is 26.7. The Labute approximate surface area is 425 Å². The van der Waals surface area contributed by atoms with Crippen molar-refractivity contribution in [2.24, 2.45) is 23.7 Å². The molecule has 9 rings (SSSR count). The molecule has 0 radical (unpaired) electrons. The zero-order valence-electron chi connectivity index (χ0n) is 42.6. The van der Waals surface area contributed by atoms with E-state index in [4.69, 9.17) is 5.32 Å². The van der Waals surface area contributed by atoms with Crippen LogP contribution in [0.1, 0.15) is 270 Å². The van der Waals surface area contributed by atoms with Crippen LogP contribution in [0.3, 0.4) is 0 Å². The molecule has 0 aromatic rings. The van der Waals surface area contributed by atoms with E-state index in [0.717, 1.165) is 12.1 Å². The molecule has 0 saturated heterocycles. The molecular formula is C59H104ClNO2P2Ru+2. The molecule has 9 aliphatic rings. The SMILES string of the molecule is C1CCC([PH+](CC[PH+](C2CCCCC2)C2CCCCC2)C2CCCCC2)CC1.OC(CC1=CC=CC(CC(O)(C2CCCCC2)C2CCCCC2)[N-]1)(C1CCCCC1)C1CCCCC1.[Cl][Ru+]. The third kappa shape index (κ3) is 15.7. The summed E-state index contributed by atoms with van der Waals surface area (Å²) in [6.07, 6.45) is 68.6. The van der Waals surface area contributed by atoms with Gasteiger partial charge in [0.25, 0.3) is 0 Å². The predicted molar refractivity (Wildman–Crippen MR) is 290 cm³/mol. The molecule has 66 heavy (non-hydrogen) atoms. The van der Waals surface area contributed by atoms with Crippen molar-refractivity contribution in [1.82, 2.24) is 0 Å². The summed E-state index contributed by atoms with van der Waals surface area (Å²) >= 11 is 1.82. The third-order valence-corrected chi connectivity index (χ3v) is 29.1. The summed E-state index contributed by atoms with van der Waals surface area (Å²) in [5.74, 6) is 1.73. The molecule has 0 aromatic heterocycles. The van der Waals surface area contributed by atoms with Crippen LogP contribution in [-0.4, -0.2) is 62.4 Å². The topological polar surface area (TPSA) is 54.6 Å². The van der Waals surface area contributed by atoms with Gasteiger partial charge in [-0.3, -0.25) is 0 Å². The summed E-state index contributed by atoms with van der Waals surface area (Å²) in [6, 6.07) is 0.0563. The Morgan fingerprint density at radius 2 is 0.697 bits per heavy atom. The van der Waals surface area contributed by atoms with Gasteiger partial charge in [0.05, 0.1) is 46.2 Å². The number of aliphatic hydroxyl groups is 2. The molecule has 8 fully saturated rings. The van der Waals surface area contributed by atoms with E-state index >= 15 is 0 Å². The minimum atomic E-state index is -0.602. The number of nitrogens with zero attached hydrogens (tertiary/aromatic N) is 1. The number of allylic oxidation sites excluding steroid dienone is 2. The summed E-state index contributed by atoms with van der Waals surface area (Å²) in [5.41, 5.74) is 4.81. The average molecular weight is 1060 g/mol. The van der Waals surface area contributed by atoms with Crippen molar-refractivity contribution in [3.8, 4) is 0 Å². The Morgan fingerprint density at radius 1 is 0.424 bits per heavy atom. The maximum atomic E-state index is 12.4. The molecule has 0 spiro atoms. The van der Waals surface area contributed by atoms with Crippen LogP contribution in [0.15, 0.2) is 23.9 Å². The molecule has 1 aliphatic heterocycles. The minimum absolute atomic E-state index is 0.0563. The number of halogens is 1. The quantitative estimate of drug-likeness (QED) is 0.127. The van der Waals surface area contributed by atoms with Crippen molar-refractivity contribution in [1.29, 1.82) is 0 Å². The summed E-state index contributed by atoms with van der Waals surface area (Å²) < 4.78 is 0. The van der Waals surface area contributed by atoms with Gasteiger partial charge >= 0.3 is 27.0 Å². The summed E-state index contributed by atoms with van der Waals surface area (Å²) in [4.78, 5) is 0. The molecule has 0 amide bonds. The van der Waals surface area contributed by atoms with Crippen LogP contribution >= 0.6 is 25.5 Å². The van der Waals surface area contributed by atoms with E-state index in [1.807, 2.05) is 17.3 Å². The Balaban J connectivity index is 0.000000195. The van der Waals surface area contributed by atoms with Gasteiger partial charge in [-0.05, 0) is 191 Å². The first kappa shape index (κ1) is 54.7. The van der Waals surface area contributed by atoms with Crippen LogP contribution in [0.2, 0.25) is 0 Å². The monoisotopic (exact) mass is 1060 g/mol. The second kappa shape index (κ2) is 29.6. The standard InChI is InChI=1S/C33H54NO2.C26H48P2.ClH.Ru/c35-32(26-14-5-1-6-15-26,27-16-7-2-8-17-27)24-30-22-13-23-31(34-30)25-33(36,28-18-9-3-10-19-28)29-20-11-4-12-21-29;1-5-13-23(14-6-1)27(24-15-7-2-8-16-24)21-22-28(25-17-9-3-10-18-25)26-19-11-4-12-20-26;;/h13,22-23,26-30,35-36H,1-12,14-21,24-25H2;23-26H,1-22H2;1H;/q-1;;;+2/p+1. The summed E-state index contributed by atoms with van der Waals surface area (Å²) in [5, 5.41) is 30.0. The van der Waals surface area contributed by atoms with Crippen molar-refractivity contribution in [2.75, 3.05) is 12.3 Å². The van der Waals surface area contributed by atoms with E-state index in [2.05, 4.69) is 27.9 Å². The predicted octanol–water partition coefficient (Wildman–Crippen LogP) is 18.2. The van der Waals surface area contributed by atoms with Crippen molar-refractivity contribution in [3.05, 3.63) is 29.2 Å². The van der Waals surface area contributed by atoms with E-state index in [9.17, 15) is 10.2 Å². The van der Waals surface area contributed by atoms with Gasteiger partial charge in [-0.25, -0.2) is 0 Å². The molecule has 3 nitrogen and oxygen atoms in total. The van der Waals surface area contributed by atoms with Gasteiger partial charge in [0.15, 0.2) is 0 Å². The Morgan fingerprint density at radius 3 is 1.00 bits per heavy atom. The van der Waals surface area contributed by atoms with Gasteiger partial charge in [0.1, 0.15) is 0 Å². The second-order valence-corrected chi connectivity index (χ2v) is 31.0. The number of hydrogen-bond acceptors (Lipinski definition) is 2. The Hall–Kier alpha value is 0.973. The zero-order valence-corrected chi connectivity index (χ0v) is 47.1. The van der Waals surface area contributed by atoms with Crippen LogP contribution in [0.25, 0.3) is 5.32 Å². The van der Waals surface area contributed by atoms with Gasteiger partial charge in [-0.15, -0.1) is 0 Å². The molecule has 1 unspecified atom stereocenters. The number of rotatable bonds is 15. The molecule has 0 aromatic carbocycles. The van der Waals surface area contributed by atoms with E-state index in [1.54, 1.807) is 141 Å². The molecule has 380 valence electrons. The van der Waals surface area contributed by atoms with Crippen molar-refractivity contribution in [2.45, 2.75) is 310 Å². The molecule has 8 saturated carbocycles. The van der Waals surface area contributed by atoms with E-state index < -0.39 is 11.2 Å². The van der Waals surface area contributed by atoms with Gasteiger partial charge in [0, 0.05) is 15.8 Å². The maximum absolute atomic E-state index is 12.4. The first-order valence-corrected chi connectivity index (χ1v) is 35.8. The summed E-state index contributed by atoms with van der Waals surface area (Å²) in [7, 11) is 4.39. The average Bonchev–Trinajstić information content (AvgIpc) is 3.40. The first-order chi connectivity index (χ1) is 32.5. The van der Waals surface area contributed by atoms with E-state index in [1.165, 1.54) is 151 Å². The number of hydrogen-bond donors (Lipinski definition) is 2.